The average molecular weight is 440 g/mol. The maximum absolute atomic E-state index is 14.9. The number of aliphatic imine (C=N–C) groups is 1. The van der Waals surface area contributed by atoms with Gasteiger partial charge in [-0.05, 0) is 29.3 Å². The smallest absolute Gasteiger partial charge is 0.127 e. The Hall–Kier alpha value is -3.37. The van der Waals surface area contributed by atoms with Crippen LogP contribution in [0, 0.1) is 5.82 Å². The summed E-state index contributed by atoms with van der Waals surface area (Å²) >= 11 is 0. The molecule has 0 saturated carbocycles. The van der Waals surface area contributed by atoms with Crippen molar-refractivity contribution in [2.24, 2.45) is 4.99 Å². The van der Waals surface area contributed by atoms with E-state index in [2.05, 4.69) is 24.3 Å². The fourth-order valence-corrected chi connectivity index (χ4v) is 5.93. The molecular weight excluding hydrogens is 417 g/mol. The highest BCUT2D eigenvalue weighted by atomic mass is 32.2. The van der Waals surface area contributed by atoms with Gasteiger partial charge in [-0.15, -0.1) is 0 Å². The van der Waals surface area contributed by atoms with E-state index in [4.69, 9.17) is 4.99 Å². The topological polar surface area (TPSA) is 29.4 Å². The Morgan fingerprint density at radius 3 is 1.97 bits per heavy atom. The van der Waals surface area contributed by atoms with Crippen LogP contribution in [-0.4, -0.2) is 9.92 Å². The lowest BCUT2D eigenvalue weighted by molar-refractivity contribution is 0.603. The molecule has 2 atom stereocenters. The summed E-state index contributed by atoms with van der Waals surface area (Å²) in [7, 11) is -1.44. The molecule has 158 valence electrons. The molecular formula is C28H22FNOS. The Kier molecular flexibility index (Phi) is 5.78. The van der Waals surface area contributed by atoms with Crippen LogP contribution in [0.4, 0.5) is 10.1 Å². The Bertz CT molecular complexity index is 1250. The van der Waals surface area contributed by atoms with Crippen molar-refractivity contribution in [3.63, 3.8) is 0 Å². The maximum Gasteiger partial charge on any atom is 0.127 e. The van der Waals surface area contributed by atoms with Crippen molar-refractivity contribution in [1.82, 2.24) is 0 Å². The minimum atomic E-state index is -1.44. The zero-order valence-electron chi connectivity index (χ0n) is 17.4. The Balaban J connectivity index is 1.71. The van der Waals surface area contributed by atoms with E-state index in [1.165, 1.54) is 6.07 Å². The number of hydrogen-bond donors (Lipinski definition) is 0. The molecule has 0 aromatic heterocycles. The summed E-state index contributed by atoms with van der Waals surface area (Å²) in [6.07, 6.45) is 0.399. The first-order valence-corrected chi connectivity index (χ1v) is 11.8. The Morgan fingerprint density at radius 1 is 0.750 bits per heavy atom. The molecule has 2 nitrogen and oxygen atoms in total. The summed E-state index contributed by atoms with van der Waals surface area (Å²) in [5.74, 6) is -0.449. The van der Waals surface area contributed by atoms with Crippen molar-refractivity contribution in [3.8, 4) is 0 Å². The molecule has 1 aliphatic heterocycles. The van der Waals surface area contributed by atoms with Gasteiger partial charge >= 0.3 is 0 Å². The number of para-hydroxylation sites is 1. The van der Waals surface area contributed by atoms with Crippen LogP contribution in [0.5, 0.6) is 0 Å². The second kappa shape index (κ2) is 9.01. The van der Waals surface area contributed by atoms with Crippen LogP contribution in [0.2, 0.25) is 0 Å². The fourth-order valence-electron chi connectivity index (χ4n) is 4.35. The van der Waals surface area contributed by atoms with E-state index in [1.54, 1.807) is 18.2 Å². The molecule has 0 bridgehead atoms. The number of hydrogen-bond acceptors (Lipinski definition) is 2. The number of nitrogens with zero attached hydrogens (tertiary/aromatic N) is 1. The molecule has 0 radical (unpaired) electrons. The summed E-state index contributed by atoms with van der Waals surface area (Å²) in [5.41, 5.74) is 4.25. The van der Waals surface area contributed by atoms with Crippen LogP contribution in [0.25, 0.3) is 0 Å². The van der Waals surface area contributed by atoms with E-state index < -0.39 is 16.0 Å². The third-order valence-corrected chi connectivity index (χ3v) is 7.57. The molecule has 0 amide bonds. The highest BCUT2D eigenvalue weighted by Crippen LogP contribution is 2.41. The zero-order chi connectivity index (χ0) is 21.9. The van der Waals surface area contributed by atoms with Gasteiger partial charge in [0, 0.05) is 23.6 Å². The highest BCUT2D eigenvalue weighted by Gasteiger charge is 2.33. The second-order valence-electron chi connectivity index (χ2n) is 7.84. The first-order valence-electron chi connectivity index (χ1n) is 10.6. The minimum absolute atomic E-state index is 0.116. The SMILES string of the molecule is O=S1c2ccccc2N=C(C(c2ccccc2)c2ccccc2)CC1c1ccccc1F. The molecule has 1 heterocycles. The maximum atomic E-state index is 14.9. The largest absolute Gasteiger partial charge is 0.256 e. The van der Waals surface area contributed by atoms with Gasteiger partial charge < -0.3 is 0 Å². The molecule has 0 N–H and O–H groups in total. The molecule has 1 aliphatic rings. The summed E-state index contributed by atoms with van der Waals surface area (Å²) in [4.78, 5) is 5.70. The lowest BCUT2D eigenvalue weighted by Crippen LogP contribution is -2.19. The predicted molar refractivity (Wildman–Crippen MR) is 128 cm³/mol. The monoisotopic (exact) mass is 439 g/mol. The number of rotatable bonds is 4. The Morgan fingerprint density at radius 2 is 1.31 bits per heavy atom. The molecule has 0 aliphatic carbocycles. The van der Waals surface area contributed by atoms with Crippen molar-refractivity contribution in [2.45, 2.75) is 22.5 Å². The number of benzene rings is 4. The molecule has 2 unspecified atom stereocenters. The van der Waals surface area contributed by atoms with Crippen molar-refractivity contribution in [1.29, 1.82) is 0 Å². The third-order valence-electron chi connectivity index (χ3n) is 5.85. The van der Waals surface area contributed by atoms with Crippen LogP contribution < -0.4 is 0 Å². The van der Waals surface area contributed by atoms with Gasteiger partial charge in [0.1, 0.15) is 5.82 Å². The van der Waals surface area contributed by atoms with Gasteiger partial charge in [0.2, 0.25) is 0 Å². The molecule has 5 rings (SSSR count). The third kappa shape index (κ3) is 3.94. The zero-order valence-corrected chi connectivity index (χ0v) is 18.2. The van der Waals surface area contributed by atoms with Gasteiger partial charge in [-0.25, -0.2) is 4.39 Å². The van der Waals surface area contributed by atoms with Crippen LogP contribution in [0.3, 0.4) is 0 Å². The standard InChI is InChI=1S/C28H22FNOS/c29-23-16-8-7-15-22(23)27-19-25(30-24-17-9-10-18-26(24)32(27)31)28(20-11-3-1-4-12-20)21-13-5-2-6-14-21/h1-18,27-28H,19H2. The first-order chi connectivity index (χ1) is 15.7. The average Bonchev–Trinajstić information content (AvgIpc) is 2.98. The minimum Gasteiger partial charge on any atom is -0.256 e. The lowest BCUT2D eigenvalue weighted by Gasteiger charge is -2.23. The van der Waals surface area contributed by atoms with Crippen molar-refractivity contribution < 1.29 is 8.60 Å². The van der Waals surface area contributed by atoms with Crippen LogP contribution in [-0.2, 0) is 10.8 Å². The summed E-state index contributed by atoms with van der Waals surface area (Å²) in [6.45, 7) is 0. The van der Waals surface area contributed by atoms with Crippen LogP contribution >= 0.6 is 0 Å². The van der Waals surface area contributed by atoms with Crippen molar-refractivity contribution >= 4 is 22.2 Å². The van der Waals surface area contributed by atoms with Gasteiger partial charge in [0.25, 0.3) is 0 Å². The van der Waals surface area contributed by atoms with Crippen molar-refractivity contribution in [3.05, 3.63) is 132 Å². The number of fused-ring (bicyclic) bond motifs is 1. The van der Waals surface area contributed by atoms with E-state index >= 15 is 0 Å². The van der Waals surface area contributed by atoms with Gasteiger partial charge in [0.05, 0.1) is 26.6 Å². The van der Waals surface area contributed by atoms with E-state index in [0.29, 0.717) is 22.6 Å². The summed E-state index contributed by atoms with van der Waals surface area (Å²) in [6, 6.07) is 34.6. The van der Waals surface area contributed by atoms with Gasteiger partial charge in [-0.3, -0.25) is 9.20 Å². The lowest BCUT2D eigenvalue weighted by atomic mass is 9.84. The van der Waals surface area contributed by atoms with E-state index in [0.717, 1.165) is 16.8 Å². The summed E-state index contributed by atoms with van der Waals surface area (Å²) in [5, 5.41) is -0.520. The van der Waals surface area contributed by atoms with Crippen LogP contribution in [0.1, 0.15) is 34.3 Å². The number of halogens is 1. The fraction of sp³-hybridized carbons (Fsp3) is 0.107. The first kappa shape index (κ1) is 20.5. The predicted octanol–water partition coefficient (Wildman–Crippen LogP) is 6.98. The molecule has 4 aromatic rings. The quantitative estimate of drug-likeness (QED) is 0.337. The van der Waals surface area contributed by atoms with Crippen molar-refractivity contribution in [2.75, 3.05) is 0 Å². The highest BCUT2D eigenvalue weighted by molar-refractivity contribution is 7.85. The van der Waals surface area contributed by atoms with Gasteiger partial charge in [-0.2, -0.15) is 0 Å². The molecule has 0 saturated heterocycles. The second-order valence-corrected chi connectivity index (χ2v) is 9.44. The molecule has 0 spiro atoms. The van der Waals surface area contributed by atoms with Crippen LogP contribution in [0.15, 0.2) is 119 Å². The van der Waals surface area contributed by atoms with E-state index in [1.807, 2.05) is 60.7 Å². The molecule has 0 fully saturated rings. The molecule has 4 aromatic carbocycles. The normalized spacial score (nSPS) is 18.0. The molecule has 4 heteroatoms. The summed E-state index contributed by atoms with van der Waals surface area (Å²) < 4.78 is 28.6. The van der Waals surface area contributed by atoms with E-state index in [9.17, 15) is 8.60 Å². The van der Waals surface area contributed by atoms with E-state index in [-0.39, 0.29) is 11.7 Å². The Labute approximate surface area is 189 Å². The van der Waals surface area contributed by atoms with Gasteiger partial charge in [0.15, 0.2) is 0 Å². The molecule has 32 heavy (non-hydrogen) atoms. The van der Waals surface area contributed by atoms with Gasteiger partial charge in [-0.1, -0.05) is 91.0 Å².